The van der Waals surface area contributed by atoms with E-state index >= 15 is 0 Å². The lowest BCUT2D eigenvalue weighted by Gasteiger charge is -2.10. The summed E-state index contributed by atoms with van der Waals surface area (Å²) in [4.78, 5) is 0. The molecule has 0 heterocycles. The van der Waals surface area contributed by atoms with E-state index in [1.54, 1.807) is 0 Å². The van der Waals surface area contributed by atoms with Gasteiger partial charge in [0.25, 0.3) is 0 Å². The van der Waals surface area contributed by atoms with Crippen LogP contribution >= 0.6 is 25.3 Å². The zero-order chi connectivity index (χ0) is 8.53. The Labute approximate surface area is 80.7 Å². The average molecular weight is 194 g/mol. The topological polar surface area (TPSA) is 9.23 Å². The Morgan fingerprint density at radius 2 is 2.09 bits per heavy atom. The van der Waals surface area contributed by atoms with E-state index in [1.807, 2.05) is 0 Å². The summed E-state index contributed by atoms with van der Waals surface area (Å²) in [5, 5.41) is 0. The second-order valence-electron chi connectivity index (χ2n) is 2.54. The van der Waals surface area contributed by atoms with E-state index in [4.69, 9.17) is 4.74 Å². The fourth-order valence-corrected chi connectivity index (χ4v) is 1.18. The maximum absolute atomic E-state index is 5.41. The van der Waals surface area contributed by atoms with E-state index < -0.39 is 0 Å². The normalized spacial score (nSPS) is 13.4. The van der Waals surface area contributed by atoms with Crippen LogP contribution in [-0.4, -0.2) is 17.8 Å². The lowest BCUT2D eigenvalue weighted by molar-refractivity contribution is 0.105. The highest BCUT2D eigenvalue weighted by Gasteiger charge is 2.00. The van der Waals surface area contributed by atoms with Crippen molar-refractivity contribution in [1.29, 1.82) is 0 Å². The highest BCUT2D eigenvalue weighted by atomic mass is 32.1. The van der Waals surface area contributed by atoms with Crippen molar-refractivity contribution < 1.29 is 4.74 Å². The Balaban J connectivity index is 3.02. The molecule has 0 rings (SSSR count). The van der Waals surface area contributed by atoms with Crippen LogP contribution in [0.3, 0.4) is 0 Å². The number of ether oxygens (including phenoxy) is 1. The molecule has 0 aromatic rings. The molecule has 0 aliphatic heterocycles. The first-order chi connectivity index (χ1) is 5.31. The minimum Gasteiger partial charge on any atom is -0.368 e. The van der Waals surface area contributed by atoms with Gasteiger partial charge in [-0.1, -0.05) is 13.3 Å². The van der Waals surface area contributed by atoms with Crippen LogP contribution in [0.25, 0.3) is 0 Å². The van der Waals surface area contributed by atoms with E-state index in [-0.39, 0.29) is 5.44 Å². The predicted octanol–water partition coefficient (Wildman–Crippen LogP) is 2.77. The van der Waals surface area contributed by atoms with Gasteiger partial charge in [0.15, 0.2) is 0 Å². The van der Waals surface area contributed by atoms with Crippen LogP contribution in [-0.2, 0) is 4.74 Å². The summed E-state index contributed by atoms with van der Waals surface area (Å²) < 4.78 is 5.41. The monoisotopic (exact) mass is 194 g/mol. The van der Waals surface area contributed by atoms with Crippen molar-refractivity contribution in [1.82, 2.24) is 0 Å². The van der Waals surface area contributed by atoms with Gasteiger partial charge in [-0.2, -0.15) is 12.6 Å². The van der Waals surface area contributed by atoms with Gasteiger partial charge in [0.2, 0.25) is 0 Å². The number of rotatable bonds is 7. The van der Waals surface area contributed by atoms with Crippen molar-refractivity contribution >= 4 is 25.3 Å². The molecule has 0 bridgehead atoms. The summed E-state index contributed by atoms with van der Waals surface area (Å²) >= 11 is 8.40. The quantitative estimate of drug-likeness (QED) is 0.360. The van der Waals surface area contributed by atoms with Crippen LogP contribution in [0.15, 0.2) is 0 Å². The van der Waals surface area contributed by atoms with Gasteiger partial charge in [-0.3, -0.25) is 0 Å². The Bertz CT molecular complexity index is 78.5. The fraction of sp³-hybridized carbons (Fsp3) is 1.00. The molecule has 0 N–H and O–H groups in total. The first-order valence-electron chi connectivity index (χ1n) is 4.21. The van der Waals surface area contributed by atoms with Crippen molar-refractivity contribution in [2.75, 3.05) is 12.4 Å². The number of hydrogen-bond acceptors (Lipinski definition) is 3. The Hall–Kier alpha value is 0.660. The number of thiol groups is 2. The molecule has 0 fully saturated rings. The molecule has 11 heavy (non-hydrogen) atoms. The standard InChI is InChI=1S/C8H18OS2/c1-2-3-6-9-8(11)5-4-7-10/h8,10-11H,2-7H2,1H3. The predicted molar refractivity (Wildman–Crippen MR) is 56.7 cm³/mol. The summed E-state index contributed by atoms with van der Waals surface area (Å²) in [7, 11) is 0. The van der Waals surface area contributed by atoms with Gasteiger partial charge in [-0.15, -0.1) is 12.6 Å². The van der Waals surface area contributed by atoms with Crippen LogP contribution in [0.1, 0.15) is 32.6 Å². The third-order valence-electron chi connectivity index (χ3n) is 1.42. The molecule has 1 unspecified atom stereocenters. The van der Waals surface area contributed by atoms with E-state index in [1.165, 1.54) is 6.42 Å². The molecule has 3 heteroatoms. The van der Waals surface area contributed by atoms with Crippen molar-refractivity contribution in [2.24, 2.45) is 0 Å². The molecule has 0 spiro atoms. The summed E-state index contributed by atoms with van der Waals surface area (Å²) in [5.41, 5.74) is 0.119. The molecular weight excluding hydrogens is 176 g/mol. The Kier molecular flexibility index (Phi) is 9.28. The van der Waals surface area contributed by atoms with Gasteiger partial charge in [-0.25, -0.2) is 0 Å². The number of unbranched alkanes of at least 4 members (excludes halogenated alkanes) is 1. The SMILES string of the molecule is CCCCOC(S)CCCS. The van der Waals surface area contributed by atoms with Crippen LogP contribution < -0.4 is 0 Å². The smallest absolute Gasteiger partial charge is 0.0999 e. The minimum atomic E-state index is 0.119. The molecule has 0 radical (unpaired) electrons. The van der Waals surface area contributed by atoms with E-state index in [2.05, 4.69) is 32.2 Å². The van der Waals surface area contributed by atoms with Crippen LogP contribution in [0.2, 0.25) is 0 Å². The third-order valence-corrected chi connectivity index (χ3v) is 2.14. The molecular formula is C8H18OS2. The van der Waals surface area contributed by atoms with Gasteiger partial charge in [0.05, 0.1) is 5.44 Å². The van der Waals surface area contributed by atoms with Gasteiger partial charge in [0.1, 0.15) is 0 Å². The van der Waals surface area contributed by atoms with Crippen molar-refractivity contribution in [2.45, 2.75) is 38.0 Å². The second-order valence-corrected chi connectivity index (χ2v) is 3.57. The second kappa shape index (κ2) is 8.75. The molecule has 0 aliphatic carbocycles. The molecule has 0 aliphatic rings. The lowest BCUT2D eigenvalue weighted by atomic mass is 10.3. The van der Waals surface area contributed by atoms with Crippen LogP contribution in [0.5, 0.6) is 0 Å². The average Bonchev–Trinajstić information content (AvgIpc) is 2.01. The van der Waals surface area contributed by atoms with Gasteiger partial charge >= 0.3 is 0 Å². The first kappa shape index (κ1) is 11.7. The zero-order valence-corrected chi connectivity index (χ0v) is 8.91. The van der Waals surface area contributed by atoms with Crippen molar-refractivity contribution in [3.63, 3.8) is 0 Å². The maximum atomic E-state index is 5.41. The lowest BCUT2D eigenvalue weighted by Crippen LogP contribution is -2.06. The third kappa shape index (κ3) is 8.57. The summed E-state index contributed by atoms with van der Waals surface area (Å²) in [5.74, 6) is 0.925. The van der Waals surface area contributed by atoms with E-state index in [9.17, 15) is 0 Å². The molecule has 0 aromatic carbocycles. The minimum absolute atomic E-state index is 0.119. The van der Waals surface area contributed by atoms with Gasteiger partial charge in [0, 0.05) is 6.61 Å². The molecule has 0 amide bonds. The molecule has 0 aromatic heterocycles. The van der Waals surface area contributed by atoms with E-state index in [0.717, 1.165) is 31.6 Å². The van der Waals surface area contributed by atoms with Gasteiger partial charge < -0.3 is 4.74 Å². The Morgan fingerprint density at radius 3 is 2.64 bits per heavy atom. The summed E-state index contributed by atoms with van der Waals surface area (Å²) in [6.45, 7) is 3.00. The van der Waals surface area contributed by atoms with E-state index in [0.29, 0.717) is 0 Å². The molecule has 1 nitrogen and oxygen atoms in total. The van der Waals surface area contributed by atoms with Crippen LogP contribution in [0.4, 0.5) is 0 Å². The zero-order valence-electron chi connectivity index (χ0n) is 7.12. The maximum Gasteiger partial charge on any atom is 0.0999 e. The highest BCUT2D eigenvalue weighted by molar-refractivity contribution is 7.80. The molecule has 0 saturated heterocycles. The largest absolute Gasteiger partial charge is 0.368 e. The van der Waals surface area contributed by atoms with Gasteiger partial charge in [-0.05, 0) is 25.0 Å². The van der Waals surface area contributed by atoms with Crippen molar-refractivity contribution in [3.8, 4) is 0 Å². The molecule has 0 saturated carbocycles. The Morgan fingerprint density at radius 1 is 1.36 bits per heavy atom. The molecule has 68 valence electrons. The van der Waals surface area contributed by atoms with Crippen molar-refractivity contribution in [3.05, 3.63) is 0 Å². The summed E-state index contributed by atoms with van der Waals surface area (Å²) in [6.07, 6.45) is 4.42. The highest BCUT2D eigenvalue weighted by Crippen LogP contribution is 2.07. The first-order valence-corrected chi connectivity index (χ1v) is 5.36. The van der Waals surface area contributed by atoms with Crippen LogP contribution in [0, 0.1) is 0 Å². The fourth-order valence-electron chi connectivity index (χ4n) is 0.713. The number of hydrogen-bond donors (Lipinski definition) is 2. The summed E-state index contributed by atoms with van der Waals surface area (Å²) in [6, 6.07) is 0. The molecule has 1 atom stereocenters.